The van der Waals surface area contributed by atoms with Crippen molar-refractivity contribution < 1.29 is 19.5 Å². The fraction of sp³-hybridized carbons (Fsp3) is 0.526. The van der Waals surface area contributed by atoms with Crippen molar-refractivity contribution in [2.24, 2.45) is 5.92 Å². The molecular weight excluding hydrogens is 334 g/mol. The van der Waals surface area contributed by atoms with Crippen LogP contribution in [0.5, 0.6) is 0 Å². The number of carboxylic acid groups (broad SMARTS) is 1. The molecule has 1 spiro atoms. The third kappa shape index (κ3) is 3.38. The number of aliphatic carboxylic acids is 1. The molecule has 7 nitrogen and oxygen atoms in total. The van der Waals surface area contributed by atoms with Crippen molar-refractivity contribution in [2.75, 3.05) is 26.7 Å². The fourth-order valence-electron chi connectivity index (χ4n) is 4.15. The van der Waals surface area contributed by atoms with Gasteiger partial charge in [-0.15, -0.1) is 0 Å². The molecule has 26 heavy (non-hydrogen) atoms. The highest BCUT2D eigenvalue weighted by atomic mass is 16.4. The van der Waals surface area contributed by atoms with E-state index < -0.39 is 17.4 Å². The first-order valence-corrected chi connectivity index (χ1v) is 9.00. The minimum absolute atomic E-state index is 0.0507. The lowest BCUT2D eigenvalue weighted by molar-refractivity contribution is -0.145. The van der Waals surface area contributed by atoms with E-state index in [0.717, 1.165) is 6.42 Å². The van der Waals surface area contributed by atoms with Crippen molar-refractivity contribution in [3.8, 4) is 0 Å². The molecule has 0 radical (unpaired) electrons. The van der Waals surface area contributed by atoms with Crippen LogP contribution in [-0.4, -0.2) is 65.0 Å². The minimum Gasteiger partial charge on any atom is -0.481 e. The molecular formula is C19H25N3O4. The maximum atomic E-state index is 12.4. The molecule has 2 heterocycles. The molecule has 140 valence electrons. The molecule has 3 rings (SSSR count). The van der Waals surface area contributed by atoms with Crippen molar-refractivity contribution in [2.45, 2.75) is 31.2 Å². The van der Waals surface area contributed by atoms with E-state index in [1.54, 1.807) is 16.8 Å². The summed E-state index contributed by atoms with van der Waals surface area (Å²) in [5.74, 6) is -1.75. The van der Waals surface area contributed by atoms with Crippen LogP contribution in [0.4, 0.5) is 4.79 Å². The predicted molar refractivity (Wildman–Crippen MR) is 95.6 cm³/mol. The molecule has 7 heteroatoms. The van der Waals surface area contributed by atoms with Gasteiger partial charge in [0.1, 0.15) is 0 Å². The van der Waals surface area contributed by atoms with Gasteiger partial charge in [-0.3, -0.25) is 9.59 Å². The van der Waals surface area contributed by atoms with Gasteiger partial charge in [0.2, 0.25) is 5.91 Å². The van der Waals surface area contributed by atoms with Crippen LogP contribution in [0.3, 0.4) is 0 Å². The topological polar surface area (TPSA) is 90.0 Å². The largest absolute Gasteiger partial charge is 0.481 e. The Hall–Kier alpha value is -2.57. The third-order valence-corrected chi connectivity index (χ3v) is 5.82. The van der Waals surface area contributed by atoms with Crippen LogP contribution in [0, 0.1) is 5.92 Å². The first-order valence-electron chi connectivity index (χ1n) is 9.00. The number of amides is 3. The quantitative estimate of drug-likeness (QED) is 0.849. The van der Waals surface area contributed by atoms with Gasteiger partial charge in [0, 0.05) is 33.1 Å². The molecule has 0 bridgehead atoms. The zero-order valence-corrected chi connectivity index (χ0v) is 15.0. The molecule has 0 saturated carbocycles. The number of rotatable bonds is 4. The van der Waals surface area contributed by atoms with Crippen LogP contribution >= 0.6 is 0 Å². The van der Waals surface area contributed by atoms with E-state index in [-0.39, 0.29) is 18.4 Å². The molecule has 1 atom stereocenters. The summed E-state index contributed by atoms with van der Waals surface area (Å²) in [4.78, 5) is 39.3. The van der Waals surface area contributed by atoms with Crippen molar-refractivity contribution in [3.63, 3.8) is 0 Å². The number of urea groups is 1. The molecule has 2 saturated heterocycles. The van der Waals surface area contributed by atoms with E-state index in [2.05, 4.69) is 5.32 Å². The second-order valence-electron chi connectivity index (χ2n) is 7.11. The summed E-state index contributed by atoms with van der Waals surface area (Å²) >= 11 is 0. The summed E-state index contributed by atoms with van der Waals surface area (Å²) in [6, 6.07) is 9.82. The second kappa shape index (κ2) is 7.35. The summed E-state index contributed by atoms with van der Waals surface area (Å²) in [6.07, 6.45) is 1.81. The molecule has 0 aromatic heterocycles. The number of carboxylic acids is 1. The van der Waals surface area contributed by atoms with E-state index >= 15 is 0 Å². The van der Waals surface area contributed by atoms with E-state index in [1.165, 1.54) is 5.56 Å². The van der Waals surface area contributed by atoms with Gasteiger partial charge in [0.05, 0.1) is 11.5 Å². The lowest BCUT2D eigenvalue weighted by Gasteiger charge is -2.45. The van der Waals surface area contributed by atoms with Gasteiger partial charge in [-0.05, 0) is 24.8 Å². The molecule has 2 aliphatic heterocycles. The van der Waals surface area contributed by atoms with Crippen LogP contribution in [-0.2, 0) is 16.0 Å². The van der Waals surface area contributed by atoms with Crippen LogP contribution < -0.4 is 5.32 Å². The monoisotopic (exact) mass is 359 g/mol. The Morgan fingerprint density at radius 1 is 1.23 bits per heavy atom. The van der Waals surface area contributed by atoms with Gasteiger partial charge in [-0.25, -0.2) is 4.79 Å². The number of piperidine rings is 1. The number of benzene rings is 1. The van der Waals surface area contributed by atoms with Crippen LogP contribution in [0.1, 0.15) is 24.8 Å². The molecule has 1 aromatic rings. The lowest BCUT2D eigenvalue weighted by Crippen LogP contribution is -2.58. The molecule has 2 N–H and O–H groups in total. The average Bonchev–Trinajstić information content (AvgIpc) is 2.88. The standard InChI is InChI=1S/C19H25N3O4/c1-21-16(23)13-15(17(24)25)19(21)8-11-22(12-9-19)18(26)20-10-7-14-5-3-2-4-6-14/h2-6,15H,7-13H2,1H3,(H,20,26)(H,24,25)/t15-/m1/s1. The summed E-state index contributed by atoms with van der Waals surface area (Å²) < 4.78 is 0. The fourth-order valence-corrected chi connectivity index (χ4v) is 4.15. The number of hydrogen-bond donors (Lipinski definition) is 2. The van der Waals surface area contributed by atoms with E-state index in [9.17, 15) is 19.5 Å². The first kappa shape index (κ1) is 18.2. The normalized spacial score (nSPS) is 21.9. The molecule has 2 aliphatic rings. The number of nitrogens with zero attached hydrogens (tertiary/aromatic N) is 2. The summed E-state index contributed by atoms with van der Waals surface area (Å²) in [7, 11) is 1.68. The minimum atomic E-state index is -0.927. The van der Waals surface area contributed by atoms with Gasteiger partial charge in [0.15, 0.2) is 0 Å². The van der Waals surface area contributed by atoms with Gasteiger partial charge >= 0.3 is 12.0 Å². The maximum absolute atomic E-state index is 12.4. The second-order valence-corrected chi connectivity index (χ2v) is 7.11. The highest BCUT2D eigenvalue weighted by Crippen LogP contribution is 2.42. The Labute approximate surface area is 153 Å². The third-order valence-electron chi connectivity index (χ3n) is 5.82. The Morgan fingerprint density at radius 3 is 2.50 bits per heavy atom. The number of carbonyl (C=O) groups is 3. The number of likely N-dealkylation sites (tertiary alicyclic amines) is 2. The molecule has 3 amide bonds. The first-order chi connectivity index (χ1) is 12.4. The molecule has 1 aromatic carbocycles. The number of carbonyl (C=O) groups excluding carboxylic acids is 2. The zero-order chi connectivity index (χ0) is 18.7. The molecule has 0 aliphatic carbocycles. The van der Waals surface area contributed by atoms with Crippen molar-refractivity contribution in [1.29, 1.82) is 0 Å². The SMILES string of the molecule is CN1C(=O)C[C@H](C(=O)O)C12CCN(C(=O)NCCc1ccccc1)CC2. The van der Waals surface area contributed by atoms with Gasteiger partial charge in [-0.2, -0.15) is 0 Å². The maximum Gasteiger partial charge on any atom is 0.317 e. The number of nitrogens with one attached hydrogen (secondary N) is 1. The predicted octanol–water partition coefficient (Wildman–Crippen LogP) is 1.34. The van der Waals surface area contributed by atoms with E-state index in [0.29, 0.717) is 32.5 Å². The average molecular weight is 359 g/mol. The van der Waals surface area contributed by atoms with Gasteiger partial charge in [0.25, 0.3) is 0 Å². The van der Waals surface area contributed by atoms with Crippen molar-refractivity contribution >= 4 is 17.9 Å². The Morgan fingerprint density at radius 2 is 1.88 bits per heavy atom. The summed E-state index contributed by atoms with van der Waals surface area (Å²) in [5.41, 5.74) is 0.504. The number of hydrogen-bond acceptors (Lipinski definition) is 3. The Kier molecular flexibility index (Phi) is 5.15. The Bertz CT molecular complexity index is 683. The molecule has 0 unspecified atom stereocenters. The smallest absolute Gasteiger partial charge is 0.317 e. The molecule has 2 fully saturated rings. The van der Waals surface area contributed by atoms with Crippen LogP contribution in [0.2, 0.25) is 0 Å². The van der Waals surface area contributed by atoms with Crippen LogP contribution in [0.25, 0.3) is 0 Å². The van der Waals surface area contributed by atoms with Crippen molar-refractivity contribution in [3.05, 3.63) is 35.9 Å². The van der Waals surface area contributed by atoms with Gasteiger partial charge < -0.3 is 20.2 Å². The summed E-state index contributed by atoms with van der Waals surface area (Å²) in [5, 5.41) is 12.4. The highest BCUT2D eigenvalue weighted by molar-refractivity contribution is 5.88. The van der Waals surface area contributed by atoms with E-state index in [4.69, 9.17) is 0 Å². The van der Waals surface area contributed by atoms with Gasteiger partial charge in [-0.1, -0.05) is 30.3 Å². The van der Waals surface area contributed by atoms with E-state index in [1.807, 2.05) is 30.3 Å². The Balaban J connectivity index is 1.53. The highest BCUT2D eigenvalue weighted by Gasteiger charge is 2.55. The summed E-state index contributed by atoms with van der Waals surface area (Å²) in [6.45, 7) is 1.47. The van der Waals surface area contributed by atoms with Crippen LogP contribution in [0.15, 0.2) is 30.3 Å². The zero-order valence-electron chi connectivity index (χ0n) is 15.0. The lowest BCUT2D eigenvalue weighted by atomic mass is 9.77. The van der Waals surface area contributed by atoms with Crippen molar-refractivity contribution in [1.82, 2.24) is 15.1 Å².